The van der Waals surface area contributed by atoms with Gasteiger partial charge >= 0.3 is 0 Å². The van der Waals surface area contributed by atoms with E-state index in [1.165, 1.54) is 18.2 Å². The van der Waals surface area contributed by atoms with Gasteiger partial charge in [-0.25, -0.2) is 0 Å². The highest BCUT2D eigenvalue weighted by Crippen LogP contribution is 2.49. The molecule has 0 spiro atoms. The van der Waals surface area contributed by atoms with Gasteiger partial charge < -0.3 is 59.9 Å². The number of anilines is 1. The van der Waals surface area contributed by atoms with Crippen LogP contribution in [0.2, 0.25) is 0 Å². The Bertz CT molecular complexity index is 2010. The minimum Gasteiger partial charge on any atom is -0.486 e. The molecule has 3 fully saturated rings. The number of aliphatic hydroxyl groups excluding tert-OH is 6. The first-order valence-electron chi connectivity index (χ1n) is 18.6. The number of ether oxygens (including phenoxy) is 3. The van der Waals surface area contributed by atoms with Crippen LogP contribution in [0.5, 0.6) is 11.5 Å². The van der Waals surface area contributed by atoms with E-state index in [2.05, 4.69) is 16.0 Å². The zero-order valence-electron chi connectivity index (χ0n) is 30.6. The third-order valence-corrected chi connectivity index (χ3v) is 10.7. The van der Waals surface area contributed by atoms with Crippen molar-refractivity contribution >= 4 is 29.4 Å². The van der Waals surface area contributed by atoms with Gasteiger partial charge in [-0.3, -0.25) is 30.8 Å². The summed E-state index contributed by atoms with van der Waals surface area (Å²) in [7, 11) is 0. The number of nitrogens with two attached hydrogens (primary N) is 1. The quantitative estimate of drug-likeness (QED) is 0.0612. The molecule has 0 aromatic heterocycles. The van der Waals surface area contributed by atoms with E-state index < -0.39 is 86.0 Å². The van der Waals surface area contributed by atoms with Crippen LogP contribution in [0, 0.1) is 0 Å². The predicted octanol–water partition coefficient (Wildman–Crippen LogP) is -2.10. The molecular formula is C39H45N5O13. The Morgan fingerprint density at radius 3 is 2.37 bits per heavy atom. The Balaban J connectivity index is 1.46. The summed E-state index contributed by atoms with van der Waals surface area (Å²) in [6.45, 7) is -1.39. The van der Waals surface area contributed by atoms with Crippen molar-refractivity contribution < 1.29 is 64.0 Å². The van der Waals surface area contributed by atoms with E-state index in [1.807, 2.05) is 11.0 Å². The van der Waals surface area contributed by atoms with Crippen LogP contribution in [0.15, 0.2) is 54.6 Å². The Labute approximate surface area is 326 Å². The van der Waals surface area contributed by atoms with Gasteiger partial charge in [0, 0.05) is 46.9 Å². The SMILES string of the molecule is N[C@@H]1NC(=O)[C@@H]2NCN(c3ccccc3[C@H](CCCO)c3cc4c(c(OC[C@H](O)CC=O)c3O[C@H]3O[C@@H](CO)[C@H](O)[C@@H](O)[C@@H]3O)C(=O)c3ccccc3C4=O)[C@H]2N1. The van der Waals surface area contributed by atoms with E-state index >= 15 is 0 Å². The van der Waals surface area contributed by atoms with E-state index in [0.29, 0.717) is 17.5 Å². The van der Waals surface area contributed by atoms with Crippen LogP contribution in [-0.2, 0) is 14.3 Å². The van der Waals surface area contributed by atoms with Crippen LogP contribution in [-0.4, -0.2) is 136 Å². The molecule has 4 aliphatic rings. The van der Waals surface area contributed by atoms with Gasteiger partial charge in [0.2, 0.25) is 12.2 Å². The number of hydrogen-bond donors (Lipinski definition) is 10. The van der Waals surface area contributed by atoms with Gasteiger partial charge in [0.25, 0.3) is 0 Å². The van der Waals surface area contributed by atoms with Crippen molar-refractivity contribution in [2.45, 2.75) is 80.5 Å². The summed E-state index contributed by atoms with van der Waals surface area (Å²) in [6, 6.07) is 14.2. The van der Waals surface area contributed by atoms with E-state index in [9.17, 15) is 49.8 Å². The Hall–Kier alpha value is -4.86. The summed E-state index contributed by atoms with van der Waals surface area (Å²) >= 11 is 0. The van der Waals surface area contributed by atoms with Gasteiger partial charge in [0.1, 0.15) is 55.8 Å². The minimum atomic E-state index is -1.92. The van der Waals surface area contributed by atoms with E-state index in [-0.39, 0.29) is 77.8 Å². The first-order valence-corrected chi connectivity index (χ1v) is 18.6. The van der Waals surface area contributed by atoms with Gasteiger partial charge in [-0.1, -0.05) is 42.5 Å². The number of ketones is 2. The second-order valence-corrected chi connectivity index (χ2v) is 14.3. The van der Waals surface area contributed by atoms with Gasteiger partial charge in [-0.15, -0.1) is 0 Å². The van der Waals surface area contributed by atoms with Crippen molar-refractivity contribution in [2.75, 3.05) is 31.4 Å². The zero-order valence-corrected chi connectivity index (χ0v) is 30.6. The molecule has 0 saturated carbocycles. The molecule has 3 saturated heterocycles. The summed E-state index contributed by atoms with van der Waals surface area (Å²) < 4.78 is 18.3. The average Bonchev–Trinajstić information content (AvgIpc) is 3.64. The van der Waals surface area contributed by atoms with Crippen LogP contribution >= 0.6 is 0 Å². The largest absolute Gasteiger partial charge is 0.486 e. The molecule has 57 heavy (non-hydrogen) atoms. The molecule has 3 aliphatic heterocycles. The lowest BCUT2D eigenvalue weighted by Gasteiger charge is -2.40. The highest BCUT2D eigenvalue weighted by atomic mass is 16.7. The number of carbonyl (C=O) groups is 4. The lowest BCUT2D eigenvalue weighted by Crippen LogP contribution is -2.70. The number of hydrogen-bond acceptors (Lipinski definition) is 17. The standard InChI is InChI=1S/C39H45N5O13/c40-39-42-36-28(37(54)43-39)41-17-44(36)25-10-4-3-6-20(25)19(9-5-12-45)23-14-24-27(30(50)22-8-2-1-7-21(22)29(24)49)35(55-16-18(48)11-13-46)34(23)57-38-33(53)32(52)31(51)26(15-47)56-38/h1-4,6-8,10,13-14,18-19,26,28,31-33,36,38-39,41-42,45,47-48,51-53H,5,9,11-12,15-17,40H2,(H,43,54)/t18-,19+,26+,28-,31+,32-,33+,36-,38-,39+/m1/s1. The van der Waals surface area contributed by atoms with Crippen LogP contribution in [0.4, 0.5) is 5.69 Å². The molecule has 3 aromatic carbocycles. The molecule has 7 rings (SSSR count). The number of aldehydes is 1. The normalized spacial score (nSPS) is 27.8. The Morgan fingerprint density at radius 1 is 0.930 bits per heavy atom. The highest BCUT2D eigenvalue weighted by Gasteiger charge is 2.47. The molecule has 18 heteroatoms. The average molecular weight is 792 g/mol. The van der Waals surface area contributed by atoms with Gasteiger partial charge in [0.05, 0.1) is 24.9 Å². The third-order valence-electron chi connectivity index (χ3n) is 10.7. The van der Waals surface area contributed by atoms with Crippen LogP contribution in [0.25, 0.3) is 0 Å². The predicted molar refractivity (Wildman–Crippen MR) is 198 cm³/mol. The first kappa shape index (κ1) is 40.3. The second-order valence-electron chi connectivity index (χ2n) is 14.3. The summed E-state index contributed by atoms with van der Waals surface area (Å²) in [6.07, 6.45) is -11.0. The third kappa shape index (κ3) is 7.52. The molecule has 0 unspecified atom stereocenters. The zero-order chi connectivity index (χ0) is 40.5. The molecule has 304 valence electrons. The van der Waals surface area contributed by atoms with Gasteiger partial charge in [-0.05, 0) is 30.5 Å². The first-order chi connectivity index (χ1) is 27.5. The summed E-state index contributed by atoms with van der Waals surface area (Å²) in [5, 5.41) is 72.3. The van der Waals surface area contributed by atoms with Gasteiger partial charge in [-0.2, -0.15) is 0 Å². The van der Waals surface area contributed by atoms with Crippen molar-refractivity contribution in [3.05, 3.63) is 88.0 Å². The highest BCUT2D eigenvalue weighted by molar-refractivity contribution is 6.29. The van der Waals surface area contributed by atoms with Crippen molar-refractivity contribution in [1.82, 2.24) is 16.0 Å². The lowest BCUT2D eigenvalue weighted by atomic mass is 9.78. The smallest absolute Gasteiger partial charge is 0.242 e. The molecule has 11 N–H and O–H groups in total. The molecule has 18 nitrogen and oxygen atoms in total. The molecule has 10 atom stereocenters. The molecule has 0 bridgehead atoms. The molecule has 1 amide bonds. The maximum Gasteiger partial charge on any atom is 0.242 e. The van der Waals surface area contributed by atoms with Crippen molar-refractivity contribution in [2.24, 2.45) is 5.73 Å². The molecule has 3 heterocycles. The maximum atomic E-state index is 14.4. The molecule has 0 radical (unpaired) electrons. The summed E-state index contributed by atoms with van der Waals surface area (Å²) in [4.78, 5) is 54.9. The number of nitrogens with one attached hydrogen (secondary N) is 3. The number of benzene rings is 3. The minimum absolute atomic E-state index is 0.0559. The fourth-order valence-corrected chi connectivity index (χ4v) is 7.91. The topological polar surface area (TPSA) is 283 Å². The number of fused-ring (bicyclic) bond motifs is 3. The van der Waals surface area contributed by atoms with E-state index in [0.717, 1.165) is 0 Å². The Morgan fingerprint density at radius 2 is 1.65 bits per heavy atom. The van der Waals surface area contributed by atoms with Crippen LogP contribution < -0.4 is 36.1 Å². The fraction of sp³-hybridized carbons (Fsp3) is 0.436. The number of nitrogens with zero attached hydrogens (tertiary/aromatic N) is 1. The van der Waals surface area contributed by atoms with E-state index in [1.54, 1.807) is 30.3 Å². The number of aliphatic hydroxyl groups is 6. The molecular weight excluding hydrogens is 746 g/mol. The monoisotopic (exact) mass is 791 g/mol. The van der Waals surface area contributed by atoms with Crippen molar-refractivity contribution in [3.8, 4) is 11.5 Å². The number of amides is 1. The van der Waals surface area contributed by atoms with Crippen molar-refractivity contribution in [1.29, 1.82) is 0 Å². The fourth-order valence-electron chi connectivity index (χ4n) is 7.91. The molecule has 1 aliphatic carbocycles. The number of rotatable bonds is 14. The molecule has 3 aromatic rings. The summed E-state index contributed by atoms with van der Waals surface area (Å²) in [5.74, 6) is -2.90. The van der Waals surface area contributed by atoms with Crippen LogP contribution in [0.3, 0.4) is 0 Å². The maximum absolute atomic E-state index is 14.4. The van der Waals surface area contributed by atoms with Crippen LogP contribution in [0.1, 0.15) is 68.2 Å². The Kier molecular flexibility index (Phi) is 12.0. The number of para-hydroxylation sites is 1. The number of carbonyl (C=O) groups excluding carboxylic acids is 4. The lowest BCUT2D eigenvalue weighted by molar-refractivity contribution is -0.277. The van der Waals surface area contributed by atoms with Gasteiger partial charge in [0.15, 0.2) is 23.1 Å². The van der Waals surface area contributed by atoms with E-state index in [4.69, 9.17) is 19.9 Å². The van der Waals surface area contributed by atoms with Crippen molar-refractivity contribution in [3.63, 3.8) is 0 Å². The summed E-state index contributed by atoms with van der Waals surface area (Å²) in [5.41, 5.74) is 7.38. The second kappa shape index (κ2) is 16.9.